The second kappa shape index (κ2) is 4.15. The van der Waals surface area contributed by atoms with Crippen LogP contribution in [-0.2, 0) is 0 Å². The third kappa shape index (κ3) is 2.01. The highest BCUT2D eigenvalue weighted by atomic mass is 32.2. The van der Waals surface area contributed by atoms with Crippen molar-refractivity contribution in [1.29, 1.82) is 0 Å². The summed E-state index contributed by atoms with van der Waals surface area (Å²) in [7, 11) is -5.36. The van der Waals surface area contributed by atoms with Gasteiger partial charge in [-0.15, -0.1) is 0 Å². The van der Waals surface area contributed by atoms with Crippen molar-refractivity contribution < 1.29 is 17.7 Å². The Morgan fingerprint density at radius 3 is 2.33 bits per heavy atom. The van der Waals surface area contributed by atoms with E-state index < -0.39 is 14.1 Å². The van der Waals surface area contributed by atoms with Gasteiger partial charge < -0.3 is 9.47 Å². The summed E-state index contributed by atoms with van der Waals surface area (Å²) in [5, 5.41) is 0.149. The van der Waals surface area contributed by atoms with E-state index in [1.54, 1.807) is 6.26 Å². The van der Waals surface area contributed by atoms with Gasteiger partial charge in [0, 0.05) is 0 Å². The lowest BCUT2D eigenvalue weighted by molar-refractivity contribution is 0.364. The molecule has 4 nitrogen and oxygen atoms in total. The SMILES string of the molecule is [2H]C([2H])([2H])Oc1cc(OC([2H])([2H])[2H])nc(SC)n1. The van der Waals surface area contributed by atoms with Crippen molar-refractivity contribution >= 4 is 11.8 Å². The highest BCUT2D eigenvalue weighted by molar-refractivity contribution is 7.98. The first kappa shape index (κ1) is 3.83. The van der Waals surface area contributed by atoms with Crippen LogP contribution in [0, 0.1) is 0 Å². The van der Waals surface area contributed by atoms with E-state index in [0.29, 0.717) is 0 Å². The molecule has 0 atom stereocenters. The summed E-state index contributed by atoms with van der Waals surface area (Å²) >= 11 is 1.10. The molecule has 0 N–H and O–H groups in total. The molecule has 5 heteroatoms. The Bertz CT molecular complexity index is 387. The van der Waals surface area contributed by atoms with Crippen LogP contribution in [0.1, 0.15) is 8.22 Å². The van der Waals surface area contributed by atoms with Gasteiger partial charge in [0.2, 0.25) is 11.8 Å². The van der Waals surface area contributed by atoms with E-state index in [1.807, 2.05) is 0 Å². The maximum atomic E-state index is 6.94. The van der Waals surface area contributed by atoms with Gasteiger partial charge in [-0.2, -0.15) is 9.97 Å². The first-order chi connectivity index (χ1) is 8.09. The molecule has 1 aromatic rings. The zero-order valence-corrected chi connectivity index (χ0v) is 7.01. The van der Waals surface area contributed by atoms with E-state index >= 15 is 0 Å². The minimum Gasteiger partial charge on any atom is -0.481 e. The fourth-order valence-corrected chi connectivity index (χ4v) is 0.942. The van der Waals surface area contributed by atoms with Gasteiger partial charge in [0.15, 0.2) is 5.16 Å². The summed E-state index contributed by atoms with van der Waals surface area (Å²) in [6, 6.07) is 1.01. The van der Waals surface area contributed by atoms with Crippen molar-refractivity contribution in [3.05, 3.63) is 6.07 Å². The fourth-order valence-electron chi connectivity index (χ4n) is 0.580. The molecule has 0 aliphatic heterocycles. The molecule has 0 aliphatic carbocycles. The van der Waals surface area contributed by atoms with Gasteiger partial charge in [-0.1, -0.05) is 11.8 Å². The van der Waals surface area contributed by atoms with Crippen molar-refractivity contribution in [3.63, 3.8) is 0 Å². The molecule has 1 rings (SSSR count). The van der Waals surface area contributed by atoms with E-state index in [0.717, 1.165) is 17.8 Å². The number of ether oxygens (including phenoxy) is 2. The summed E-state index contributed by atoms with van der Waals surface area (Å²) in [5.74, 6) is -0.540. The summed E-state index contributed by atoms with van der Waals surface area (Å²) in [6.45, 7) is 0. The van der Waals surface area contributed by atoms with Crippen molar-refractivity contribution in [3.8, 4) is 11.8 Å². The molecule has 0 bridgehead atoms. The molecule has 12 heavy (non-hydrogen) atoms. The number of nitrogens with zero attached hydrogens (tertiary/aromatic N) is 2. The van der Waals surface area contributed by atoms with Crippen LogP contribution in [-0.4, -0.2) is 30.3 Å². The Balaban J connectivity index is 3.02. The van der Waals surface area contributed by atoms with Gasteiger partial charge in [-0.25, -0.2) is 0 Å². The lowest BCUT2D eigenvalue weighted by Gasteiger charge is -2.03. The molecule has 0 spiro atoms. The maximum Gasteiger partial charge on any atom is 0.220 e. The van der Waals surface area contributed by atoms with Crippen molar-refractivity contribution in [2.75, 3.05) is 20.3 Å². The predicted octanol–water partition coefficient (Wildman–Crippen LogP) is 1.22. The number of hydrogen-bond donors (Lipinski definition) is 0. The summed E-state index contributed by atoms with van der Waals surface area (Å²) in [4.78, 5) is 7.55. The third-order valence-corrected chi connectivity index (χ3v) is 1.60. The molecule has 0 aromatic carbocycles. The third-order valence-electron chi connectivity index (χ3n) is 1.05. The topological polar surface area (TPSA) is 44.2 Å². The first-order valence-electron chi connectivity index (χ1n) is 5.90. The molecule has 0 radical (unpaired) electrons. The highest BCUT2D eigenvalue weighted by Gasteiger charge is 2.02. The Kier molecular flexibility index (Phi) is 1.32. The zero-order valence-electron chi connectivity index (χ0n) is 12.2. The van der Waals surface area contributed by atoms with Gasteiger partial charge in [-0.3, -0.25) is 0 Å². The zero-order chi connectivity index (χ0) is 14.0. The molecule has 0 aliphatic rings. The van der Waals surface area contributed by atoms with Gasteiger partial charge in [0.1, 0.15) is 0 Å². The van der Waals surface area contributed by atoms with Crippen LogP contribution in [0.3, 0.4) is 0 Å². The van der Waals surface area contributed by atoms with Crippen LogP contribution in [0.4, 0.5) is 0 Å². The second-order valence-electron chi connectivity index (χ2n) is 1.74. The average molecular weight is 192 g/mol. The summed E-state index contributed by atoms with van der Waals surface area (Å²) < 4.78 is 50.8. The van der Waals surface area contributed by atoms with Crippen molar-refractivity contribution in [1.82, 2.24) is 9.97 Å². The van der Waals surface area contributed by atoms with Crippen LogP contribution in [0.25, 0.3) is 0 Å². The normalized spacial score (nSPS) is 19.1. The molecule has 0 unspecified atom stereocenters. The van der Waals surface area contributed by atoms with E-state index in [4.69, 9.17) is 8.22 Å². The molecule has 1 heterocycles. The fraction of sp³-hybridized carbons (Fsp3) is 0.429. The Morgan fingerprint density at radius 1 is 1.33 bits per heavy atom. The molecule has 0 saturated heterocycles. The number of hydrogen-bond acceptors (Lipinski definition) is 5. The Morgan fingerprint density at radius 2 is 1.92 bits per heavy atom. The quantitative estimate of drug-likeness (QED) is 0.532. The molecule has 0 amide bonds. The number of methoxy groups -OCH3 is 2. The summed E-state index contributed by atoms with van der Waals surface area (Å²) in [6.07, 6.45) is 1.65. The molecule has 0 saturated carbocycles. The molecule has 0 fully saturated rings. The van der Waals surface area contributed by atoms with E-state index in [-0.39, 0.29) is 16.9 Å². The van der Waals surface area contributed by atoms with E-state index in [2.05, 4.69) is 19.4 Å². The van der Waals surface area contributed by atoms with Crippen molar-refractivity contribution in [2.24, 2.45) is 0 Å². The van der Waals surface area contributed by atoms with Crippen LogP contribution >= 0.6 is 11.8 Å². The van der Waals surface area contributed by atoms with Crippen molar-refractivity contribution in [2.45, 2.75) is 5.16 Å². The van der Waals surface area contributed by atoms with Crippen LogP contribution in [0.2, 0.25) is 0 Å². The number of thioether (sulfide) groups is 1. The maximum absolute atomic E-state index is 6.94. The van der Waals surface area contributed by atoms with E-state index in [9.17, 15) is 0 Å². The lowest BCUT2D eigenvalue weighted by Crippen LogP contribution is -1.95. The molecule has 1 aromatic heterocycles. The van der Waals surface area contributed by atoms with Crippen LogP contribution < -0.4 is 9.47 Å². The predicted molar refractivity (Wildman–Crippen MR) is 46.9 cm³/mol. The molecular formula is C7H10N2O2S. The molecular weight excluding hydrogens is 176 g/mol. The Labute approximate surface area is 83.7 Å². The minimum absolute atomic E-state index is 0.149. The summed E-state index contributed by atoms with van der Waals surface area (Å²) in [5.41, 5.74) is 0. The van der Waals surface area contributed by atoms with Crippen LogP contribution in [0.5, 0.6) is 11.8 Å². The Hall–Kier alpha value is -0.970. The standard InChI is InChI=1S/C7H10N2O2S/c1-10-5-4-6(11-2)9-7(8-5)12-3/h4H,1-3H3/i1D3,2D3. The number of rotatable bonds is 3. The monoisotopic (exact) mass is 192 g/mol. The highest BCUT2D eigenvalue weighted by Crippen LogP contribution is 2.19. The minimum atomic E-state index is -2.68. The van der Waals surface area contributed by atoms with Gasteiger partial charge in [0.25, 0.3) is 0 Å². The number of aromatic nitrogens is 2. The van der Waals surface area contributed by atoms with Gasteiger partial charge in [0.05, 0.1) is 28.4 Å². The van der Waals surface area contributed by atoms with E-state index in [1.165, 1.54) is 0 Å². The van der Waals surface area contributed by atoms with Crippen LogP contribution in [0.15, 0.2) is 11.2 Å². The average Bonchev–Trinajstić information content (AvgIpc) is 2.11. The first-order valence-corrected chi connectivity index (χ1v) is 4.13. The smallest absolute Gasteiger partial charge is 0.220 e. The largest absolute Gasteiger partial charge is 0.481 e. The molecule has 66 valence electrons. The lowest BCUT2D eigenvalue weighted by atomic mass is 10.6. The van der Waals surface area contributed by atoms with Gasteiger partial charge >= 0.3 is 0 Å². The van der Waals surface area contributed by atoms with Gasteiger partial charge in [-0.05, 0) is 6.26 Å². The second-order valence-corrected chi connectivity index (χ2v) is 2.51.